The number of nitrogens with zero attached hydrogens (tertiary/aromatic N) is 1. The van der Waals surface area contributed by atoms with E-state index in [9.17, 15) is 14.7 Å². The lowest BCUT2D eigenvalue weighted by Crippen LogP contribution is -2.30. The second kappa shape index (κ2) is 8.61. The van der Waals surface area contributed by atoms with Crippen molar-refractivity contribution >= 4 is 22.8 Å². The highest BCUT2D eigenvalue weighted by molar-refractivity contribution is 6.04. The molecule has 3 aromatic rings. The third kappa shape index (κ3) is 4.46. The van der Waals surface area contributed by atoms with Gasteiger partial charge < -0.3 is 15.4 Å². The Balaban J connectivity index is 2.00. The molecule has 3 rings (SSSR count). The van der Waals surface area contributed by atoms with Gasteiger partial charge in [0.2, 0.25) is 5.91 Å². The van der Waals surface area contributed by atoms with Crippen LogP contribution >= 0.6 is 0 Å². The molecule has 29 heavy (non-hydrogen) atoms. The number of hydrogen-bond acceptors (Lipinski definition) is 3. The maximum atomic E-state index is 12.6. The van der Waals surface area contributed by atoms with Crippen molar-refractivity contribution in [2.24, 2.45) is 5.92 Å². The van der Waals surface area contributed by atoms with Gasteiger partial charge in [-0.1, -0.05) is 44.2 Å². The third-order valence-corrected chi connectivity index (χ3v) is 4.90. The summed E-state index contributed by atoms with van der Waals surface area (Å²) in [7, 11) is 0. The molecule has 1 atom stereocenters. The Hall–Kier alpha value is -3.59. The number of aromatic nitrogens is 1. The fourth-order valence-electron chi connectivity index (χ4n) is 3.53. The molecule has 0 saturated heterocycles. The number of benzene rings is 2. The van der Waals surface area contributed by atoms with Crippen LogP contribution in [0, 0.1) is 17.2 Å². The van der Waals surface area contributed by atoms with E-state index in [2.05, 4.69) is 24.1 Å². The number of fused-ring (bicyclic) bond motifs is 1. The van der Waals surface area contributed by atoms with Gasteiger partial charge in [-0.25, -0.2) is 4.79 Å². The fraction of sp³-hybridized carbons (Fsp3) is 0.261. The van der Waals surface area contributed by atoms with Gasteiger partial charge in [0.15, 0.2) is 0 Å². The Morgan fingerprint density at radius 1 is 1.17 bits per heavy atom. The molecule has 6 heteroatoms. The van der Waals surface area contributed by atoms with Gasteiger partial charge in [0, 0.05) is 17.1 Å². The zero-order valence-electron chi connectivity index (χ0n) is 16.4. The molecular formula is C23H23N3O3. The lowest BCUT2D eigenvalue weighted by Gasteiger charge is -2.19. The van der Waals surface area contributed by atoms with Gasteiger partial charge in [0.1, 0.15) is 6.54 Å². The summed E-state index contributed by atoms with van der Waals surface area (Å²) in [6.07, 6.45) is 2.16. The average Bonchev–Trinajstić information content (AvgIpc) is 3.13. The van der Waals surface area contributed by atoms with Gasteiger partial charge >= 0.3 is 5.97 Å². The Kier molecular flexibility index (Phi) is 5.99. The highest BCUT2D eigenvalue weighted by atomic mass is 16.4. The number of hydrogen-bond donors (Lipinski definition) is 3. The first-order valence-electron chi connectivity index (χ1n) is 9.50. The summed E-state index contributed by atoms with van der Waals surface area (Å²) in [6.45, 7) is 4.10. The maximum absolute atomic E-state index is 12.6. The molecule has 1 heterocycles. The van der Waals surface area contributed by atoms with Crippen molar-refractivity contribution in [1.82, 2.24) is 10.3 Å². The summed E-state index contributed by atoms with van der Waals surface area (Å²) in [5.74, 6) is -1.18. The number of carboxylic acids is 1. The highest BCUT2D eigenvalue weighted by Gasteiger charge is 2.22. The number of nitrogens with one attached hydrogen (secondary N) is 2. The topological polar surface area (TPSA) is 106 Å². The van der Waals surface area contributed by atoms with Crippen molar-refractivity contribution in [1.29, 1.82) is 5.26 Å². The Morgan fingerprint density at radius 2 is 1.93 bits per heavy atom. The molecule has 0 saturated carbocycles. The maximum Gasteiger partial charge on any atom is 0.337 e. The molecule has 0 bridgehead atoms. The van der Waals surface area contributed by atoms with Crippen LogP contribution in [0.15, 0.2) is 48.7 Å². The lowest BCUT2D eigenvalue weighted by atomic mass is 9.88. The number of carbonyl (C=O) groups is 2. The van der Waals surface area contributed by atoms with E-state index in [0.717, 1.165) is 22.2 Å². The smallest absolute Gasteiger partial charge is 0.337 e. The van der Waals surface area contributed by atoms with Gasteiger partial charge in [-0.2, -0.15) is 5.26 Å². The van der Waals surface area contributed by atoms with Crippen molar-refractivity contribution in [2.45, 2.75) is 26.2 Å². The van der Waals surface area contributed by atoms with Crippen LogP contribution in [0.4, 0.5) is 0 Å². The first kappa shape index (κ1) is 20.2. The molecule has 1 amide bonds. The minimum atomic E-state index is -0.978. The molecule has 0 radical (unpaired) electrons. The van der Waals surface area contributed by atoms with E-state index in [4.69, 9.17) is 5.26 Å². The molecule has 0 aliphatic rings. The summed E-state index contributed by atoms with van der Waals surface area (Å²) in [5.41, 5.74) is 3.65. The molecule has 1 unspecified atom stereocenters. The molecule has 0 spiro atoms. The molecular weight excluding hydrogens is 366 g/mol. The predicted molar refractivity (Wildman–Crippen MR) is 112 cm³/mol. The van der Waals surface area contributed by atoms with Crippen molar-refractivity contribution in [2.75, 3.05) is 6.54 Å². The number of aromatic carboxylic acids is 1. The first-order valence-corrected chi connectivity index (χ1v) is 9.50. The van der Waals surface area contributed by atoms with E-state index in [0.29, 0.717) is 17.7 Å². The Morgan fingerprint density at radius 3 is 2.62 bits per heavy atom. The van der Waals surface area contributed by atoms with Gasteiger partial charge in [-0.15, -0.1) is 0 Å². The first-order chi connectivity index (χ1) is 13.9. The predicted octanol–water partition coefficient (Wildman–Crippen LogP) is 4.30. The monoisotopic (exact) mass is 389 g/mol. The standard InChI is InChI=1S/C23H23N3O3/c1-14(2)10-18(22(27)25-9-8-24)17-5-3-4-15(11-17)16-6-7-21-19(12-16)20(13-26-21)23(28)29/h3-7,11-14,18,26H,9-10H2,1-2H3,(H,25,27)(H,28,29). The highest BCUT2D eigenvalue weighted by Crippen LogP contribution is 2.31. The average molecular weight is 389 g/mol. The minimum Gasteiger partial charge on any atom is -0.478 e. The van der Waals surface area contributed by atoms with Crippen LogP contribution in [-0.2, 0) is 4.79 Å². The Labute approximate surface area is 169 Å². The molecule has 2 aromatic carbocycles. The van der Waals surface area contributed by atoms with Gasteiger partial charge in [0.25, 0.3) is 0 Å². The third-order valence-electron chi connectivity index (χ3n) is 4.90. The fourth-order valence-corrected chi connectivity index (χ4v) is 3.53. The molecule has 148 valence electrons. The van der Waals surface area contributed by atoms with Crippen molar-refractivity contribution in [3.05, 3.63) is 59.8 Å². The van der Waals surface area contributed by atoms with Gasteiger partial charge in [-0.05, 0) is 41.2 Å². The largest absolute Gasteiger partial charge is 0.478 e. The molecule has 0 aliphatic carbocycles. The van der Waals surface area contributed by atoms with Crippen LogP contribution in [0.1, 0.15) is 42.1 Å². The molecule has 1 aromatic heterocycles. The van der Waals surface area contributed by atoms with Crippen LogP contribution < -0.4 is 5.32 Å². The van der Waals surface area contributed by atoms with E-state index in [1.54, 1.807) is 0 Å². The van der Waals surface area contributed by atoms with Crippen LogP contribution in [0.3, 0.4) is 0 Å². The summed E-state index contributed by atoms with van der Waals surface area (Å²) in [6, 6.07) is 15.3. The van der Waals surface area contributed by atoms with Crippen molar-refractivity contribution < 1.29 is 14.7 Å². The zero-order valence-corrected chi connectivity index (χ0v) is 16.4. The lowest BCUT2D eigenvalue weighted by molar-refractivity contribution is -0.122. The number of aromatic amines is 1. The van der Waals surface area contributed by atoms with Crippen LogP contribution in [-0.4, -0.2) is 28.5 Å². The number of carbonyl (C=O) groups excluding carboxylic acids is 1. The zero-order chi connectivity index (χ0) is 21.0. The number of rotatable bonds is 7. The normalized spacial score (nSPS) is 11.9. The van der Waals surface area contributed by atoms with Gasteiger partial charge in [0.05, 0.1) is 17.6 Å². The Bertz CT molecular complexity index is 1090. The van der Waals surface area contributed by atoms with E-state index >= 15 is 0 Å². The van der Waals surface area contributed by atoms with Crippen LogP contribution in [0.5, 0.6) is 0 Å². The van der Waals surface area contributed by atoms with Crippen molar-refractivity contribution in [3.8, 4) is 17.2 Å². The number of nitriles is 1. The summed E-state index contributed by atoms with van der Waals surface area (Å²) in [5, 5.41) is 21.5. The number of carboxylic acid groups (broad SMARTS) is 1. The molecule has 6 nitrogen and oxygen atoms in total. The molecule has 0 aliphatic heterocycles. The SMILES string of the molecule is CC(C)CC(C(=O)NCC#N)c1cccc(-c2ccc3[nH]cc(C(=O)O)c3c2)c1. The second-order valence-electron chi connectivity index (χ2n) is 7.45. The van der Waals surface area contributed by atoms with Crippen molar-refractivity contribution in [3.63, 3.8) is 0 Å². The molecule has 0 fully saturated rings. The van der Waals surface area contributed by atoms with E-state index in [-0.39, 0.29) is 23.9 Å². The molecule has 3 N–H and O–H groups in total. The summed E-state index contributed by atoms with van der Waals surface area (Å²) >= 11 is 0. The summed E-state index contributed by atoms with van der Waals surface area (Å²) in [4.78, 5) is 27.0. The summed E-state index contributed by atoms with van der Waals surface area (Å²) < 4.78 is 0. The number of H-pyrrole nitrogens is 1. The van der Waals surface area contributed by atoms with Crippen LogP contribution in [0.25, 0.3) is 22.0 Å². The van der Waals surface area contributed by atoms with E-state index < -0.39 is 5.97 Å². The van der Waals surface area contributed by atoms with Crippen LogP contribution in [0.2, 0.25) is 0 Å². The number of amides is 1. The van der Waals surface area contributed by atoms with E-state index in [1.807, 2.05) is 48.5 Å². The van der Waals surface area contributed by atoms with Gasteiger partial charge in [-0.3, -0.25) is 4.79 Å². The minimum absolute atomic E-state index is 0.0186. The second-order valence-corrected chi connectivity index (χ2v) is 7.45. The quantitative estimate of drug-likeness (QED) is 0.524. The van der Waals surface area contributed by atoms with E-state index in [1.165, 1.54) is 6.20 Å².